The first-order valence-electron chi connectivity index (χ1n) is 7.68. The number of halogens is 1. The summed E-state index contributed by atoms with van der Waals surface area (Å²) in [6.07, 6.45) is 0.247. The molecule has 2 aromatic rings. The van der Waals surface area contributed by atoms with Gasteiger partial charge in [-0.15, -0.1) is 0 Å². The molecule has 122 valence electrons. The molecule has 1 aliphatic heterocycles. The Labute approximate surface area is 134 Å². The fourth-order valence-electron chi connectivity index (χ4n) is 2.91. The molecule has 1 aromatic heterocycles. The van der Waals surface area contributed by atoms with Crippen LogP contribution in [0.1, 0.15) is 23.1 Å². The molecule has 0 radical (unpaired) electrons. The molecule has 0 bridgehead atoms. The van der Waals surface area contributed by atoms with E-state index in [-0.39, 0.29) is 24.2 Å². The molecule has 1 fully saturated rings. The van der Waals surface area contributed by atoms with Gasteiger partial charge in [0.15, 0.2) is 0 Å². The Balaban J connectivity index is 1.69. The first-order valence-corrected chi connectivity index (χ1v) is 7.68. The molecule has 1 saturated heterocycles. The number of carbonyl (C=O) groups is 1. The second kappa shape index (κ2) is 6.50. The van der Waals surface area contributed by atoms with Crippen LogP contribution in [0.2, 0.25) is 0 Å². The summed E-state index contributed by atoms with van der Waals surface area (Å²) < 4.78 is 18.1. The predicted molar refractivity (Wildman–Crippen MR) is 83.3 cm³/mol. The molecule has 2 heterocycles. The number of aromatic nitrogens is 1. The lowest BCUT2D eigenvalue weighted by Gasteiger charge is -2.39. The lowest BCUT2D eigenvalue weighted by atomic mass is 10.0. The highest BCUT2D eigenvalue weighted by atomic mass is 19.1. The van der Waals surface area contributed by atoms with E-state index in [9.17, 15) is 9.18 Å². The van der Waals surface area contributed by atoms with Crippen molar-refractivity contribution in [2.24, 2.45) is 0 Å². The average molecular weight is 317 g/mol. The Kier molecular flexibility index (Phi) is 4.43. The number of likely N-dealkylation sites (N-methyl/N-ethyl adjacent to an activating group) is 1. The number of benzene rings is 1. The molecule has 0 aliphatic carbocycles. The monoisotopic (exact) mass is 317 g/mol. The molecule has 3 rings (SSSR count). The third-order valence-corrected chi connectivity index (χ3v) is 4.26. The molecule has 1 aromatic carbocycles. The fraction of sp³-hybridized carbons (Fsp3) is 0.412. The molecular weight excluding hydrogens is 297 g/mol. The van der Waals surface area contributed by atoms with Crippen LogP contribution in [-0.2, 0) is 11.2 Å². The van der Waals surface area contributed by atoms with E-state index in [0.29, 0.717) is 24.5 Å². The van der Waals surface area contributed by atoms with Crippen LogP contribution in [0.3, 0.4) is 0 Å². The van der Waals surface area contributed by atoms with Crippen molar-refractivity contribution in [2.45, 2.75) is 19.4 Å². The number of carbonyl (C=O) groups excluding carboxylic acids is 1. The Hall–Kier alpha value is -2.21. The van der Waals surface area contributed by atoms with Crippen molar-refractivity contribution in [3.63, 3.8) is 0 Å². The van der Waals surface area contributed by atoms with E-state index in [0.717, 1.165) is 12.1 Å². The smallest absolute Gasteiger partial charge is 0.228 e. The zero-order valence-electron chi connectivity index (χ0n) is 13.3. The van der Waals surface area contributed by atoms with Gasteiger partial charge in [0.2, 0.25) is 5.91 Å². The van der Waals surface area contributed by atoms with Crippen LogP contribution in [0, 0.1) is 12.7 Å². The van der Waals surface area contributed by atoms with Gasteiger partial charge in [0.1, 0.15) is 11.6 Å². The number of rotatable bonds is 3. The van der Waals surface area contributed by atoms with Crippen LogP contribution >= 0.6 is 0 Å². The van der Waals surface area contributed by atoms with Crippen molar-refractivity contribution in [1.82, 2.24) is 15.0 Å². The molecule has 23 heavy (non-hydrogen) atoms. The summed E-state index contributed by atoms with van der Waals surface area (Å²) >= 11 is 0. The number of piperazine rings is 1. The maximum absolute atomic E-state index is 13.1. The lowest BCUT2D eigenvalue weighted by Crippen LogP contribution is -2.49. The number of hydrogen-bond donors (Lipinski definition) is 0. The van der Waals surface area contributed by atoms with Gasteiger partial charge < -0.3 is 9.42 Å². The molecule has 1 amide bonds. The van der Waals surface area contributed by atoms with Crippen LogP contribution in [0.15, 0.2) is 34.9 Å². The number of nitrogens with zero attached hydrogens (tertiary/aromatic N) is 3. The topological polar surface area (TPSA) is 49.6 Å². The molecule has 6 heteroatoms. The van der Waals surface area contributed by atoms with Gasteiger partial charge in [0, 0.05) is 25.7 Å². The van der Waals surface area contributed by atoms with Crippen LogP contribution < -0.4 is 0 Å². The van der Waals surface area contributed by atoms with Gasteiger partial charge in [0.05, 0.1) is 18.2 Å². The highest BCUT2D eigenvalue weighted by Crippen LogP contribution is 2.24. The lowest BCUT2D eigenvalue weighted by molar-refractivity contribution is -0.133. The summed E-state index contributed by atoms with van der Waals surface area (Å²) in [5.74, 6) is 0.496. The molecule has 1 unspecified atom stereocenters. The van der Waals surface area contributed by atoms with E-state index < -0.39 is 0 Å². The van der Waals surface area contributed by atoms with Gasteiger partial charge in [-0.3, -0.25) is 9.69 Å². The van der Waals surface area contributed by atoms with Gasteiger partial charge in [-0.2, -0.15) is 0 Å². The van der Waals surface area contributed by atoms with E-state index >= 15 is 0 Å². The average Bonchev–Trinajstić information content (AvgIpc) is 2.94. The molecule has 0 spiro atoms. The van der Waals surface area contributed by atoms with Crippen LogP contribution in [0.5, 0.6) is 0 Å². The Bertz CT molecular complexity index is 683. The highest BCUT2D eigenvalue weighted by molar-refractivity contribution is 5.78. The minimum absolute atomic E-state index is 0.0403. The summed E-state index contributed by atoms with van der Waals surface area (Å²) in [6, 6.07) is 8.35. The zero-order valence-corrected chi connectivity index (χ0v) is 13.3. The maximum Gasteiger partial charge on any atom is 0.228 e. The molecular formula is C17H20FN3O2. The van der Waals surface area contributed by atoms with E-state index in [1.54, 1.807) is 25.1 Å². The fourth-order valence-corrected chi connectivity index (χ4v) is 2.91. The Morgan fingerprint density at radius 2 is 2.09 bits per heavy atom. The van der Waals surface area contributed by atoms with E-state index in [4.69, 9.17) is 4.52 Å². The maximum atomic E-state index is 13.1. The minimum atomic E-state index is -0.249. The van der Waals surface area contributed by atoms with E-state index in [1.807, 2.05) is 11.9 Å². The van der Waals surface area contributed by atoms with Crippen LogP contribution in [0.4, 0.5) is 4.39 Å². The van der Waals surface area contributed by atoms with E-state index in [2.05, 4.69) is 10.1 Å². The summed E-state index contributed by atoms with van der Waals surface area (Å²) in [6.45, 7) is 3.87. The van der Waals surface area contributed by atoms with Crippen molar-refractivity contribution in [1.29, 1.82) is 0 Å². The van der Waals surface area contributed by atoms with Gasteiger partial charge in [-0.05, 0) is 31.7 Å². The van der Waals surface area contributed by atoms with Crippen molar-refractivity contribution < 1.29 is 13.7 Å². The van der Waals surface area contributed by atoms with Crippen molar-refractivity contribution in [3.8, 4) is 0 Å². The highest BCUT2D eigenvalue weighted by Gasteiger charge is 2.28. The van der Waals surface area contributed by atoms with Crippen molar-refractivity contribution in [2.75, 3.05) is 26.7 Å². The SMILES string of the molecule is Cc1cc(CC(=O)N2CCN(C)C(c3ccc(F)cc3)C2)no1. The Morgan fingerprint density at radius 3 is 2.74 bits per heavy atom. The number of aryl methyl sites for hydroxylation is 1. The van der Waals surface area contributed by atoms with E-state index in [1.165, 1.54) is 12.1 Å². The quantitative estimate of drug-likeness (QED) is 0.871. The van der Waals surface area contributed by atoms with Gasteiger partial charge in [-0.1, -0.05) is 17.3 Å². The molecule has 5 nitrogen and oxygen atoms in total. The molecule has 0 N–H and O–H groups in total. The minimum Gasteiger partial charge on any atom is -0.361 e. The zero-order chi connectivity index (χ0) is 16.4. The van der Waals surface area contributed by atoms with Gasteiger partial charge in [-0.25, -0.2) is 4.39 Å². The van der Waals surface area contributed by atoms with Crippen LogP contribution in [-0.4, -0.2) is 47.5 Å². The standard InChI is InChI=1S/C17H20FN3O2/c1-12-9-15(19-23-12)10-17(22)21-8-7-20(2)16(11-21)13-3-5-14(18)6-4-13/h3-6,9,16H,7-8,10-11H2,1-2H3. The third kappa shape index (κ3) is 3.59. The van der Waals surface area contributed by atoms with Crippen LogP contribution in [0.25, 0.3) is 0 Å². The molecule has 1 aliphatic rings. The van der Waals surface area contributed by atoms with Crippen molar-refractivity contribution >= 4 is 5.91 Å². The van der Waals surface area contributed by atoms with Gasteiger partial charge >= 0.3 is 0 Å². The summed E-state index contributed by atoms with van der Waals surface area (Å²) in [4.78, 5) is 16.5. The normalized spacial score (nSPS) is 19.1. The summed E-state index contributed by atoms with van der Waals surface area (Å²) in [7, 11) is 2.02. The molecule has 1 atom stereocenters. The largest absolute Gasteiger partial charge is 0.361 e. The Morgan fingerprint density at radius 1 is 1.35 bits per heavy atom. The predicted octanol–water partition coefficient (Wildman–Crippen LogP) is 2.18. The second-order valence-corrected chi connectivity index (χ2v) is 5.99. The first-order chi connectivity index (χ1) is 11.0. The summed E-state index contributed by atoms with van der Waals surface area (Å²) in [5.41, 5.74) is 1.67. The van der Waals surface area contributed by atoms with Gasteiger partial charge in [0.25, 0.3) is 0 Å². The number of hydrogen-bond acceptors (Lipinski definition) is 4. The number of amides is 1. The molecule has 0 saturated carbocycles. The first kappa shape index (κ1) is 15.7. The van der Waals surface area contributed by atoms with Crippen molar-refractivity contribution in [3.05, 3.63) is 53.2 Å². The summed E-state index contributed by atoms with van der Waals surface area (Å²) in [5, 5.41) is 3.88. The second-order valence-electron chi connectivity index (χ2n) is 5.99. The third-order valence-electron chi connectivity index (χ3n) is 4.26.